The van der Waals surface area contributed by atoms with Gasteiger partial charge < -0.3 is 5.73 Å². The minimum atomic E-state index is 0.137. The molecule has 0 aromatic rings. The van der Waals surface area contributed by atoms with Gasteiger partial charge in [-0.1, -0.05) is 19.8 Å². The summed E-state index contributed by atoms with van der Waals surface area (Å²) >= 11 is 0. The van der Waals surface area contributed by atoms with Crippen molar-refractivity contribution in [2.45, 2.75) is 45.1 Å². The van der Waals surface area contributed by atoms with Gasteiger partial charge in [-0.3, -0.25) is 0 Å². The highest BCUT2D eigenvalue weighted by atomic mass is 14.7. The third-order valence-electron chi connectivity index (χ3n) is 2.73. The van der Waals surface area contributed by atoms with E-state index in [0.717, 1.165) is 5.92 Å². The van der Waals surface area contributed by atoms with Gasteiger partial charge >= 0.3 is 0 Å². The van der Waals surface area contributed by atoms with Crippen molar-refractivity contribution in [3.63, 3.8) is 0 Å². The van der Waals surface area contributed by atoms with Gasteiger partial charge in [0.15, 0.2) is 0 Å². The molecule has 0 aromatic carbocycles. The lowest BCUT2D eigenvalue weighted by atomic mass is 9.76. The lowest BCUT2D eigenvalue weighted by Gasteiger charge is -2.35. The average molecular weight is 127 g/mol. The van der Waals surface area contributed by atoms with Gasteiger partial charge in [-0.25, -0.2) is 0 Å². The van der Waals surface area contributed by atoms with Crippen molar-refractivity contribution in [3.8, 4) is 0 Å². The predicted molar refractivity (Wildman–Crippen MR) is 40.2 cm³/mol. The molecule has 1 nitrogen and oxygen atoms in total. The Morgan fingerprint density at radius 2 is 2.11 bits per heavy atom. The minimum absolute atomic E-state index is 0.137. The van der Waals surface area contributed by atoms with Gasteiger partial charge in [0.1, 0.15) is 0 Å². The first-order valence-electron chi connectivity index (χ1n) is 3.92. The average Bonchev–Trinajstić information content (AvgIpc) is 1.77. The Bertz CT molecular complexity index is 96.7. The van der Waals surface area contributed by atoms with E-state index in [0.29, 0.717) is 0 Å². The van der Waals surface area contributed by atoms with Gasteiger partial charge in [-0.05, 0) is 25.7 Å². The van der Waals surface area contributed by atoms with Crippen LogP contribution < -0.4 is 5.73 Å². The van der Waals surface area contributed by atoms with Crippen molar-refractivity contribution in [1.29, 1.82) is 0 Å². The summed E-state index contributed by atoms with van der Waals surface area (Å²) in [5, 5.41) is 0. The molecule has 1 fully saturated rings. The fourth-order valence-corrected chi connectivity index (χ4v) is 1.53. The van der Waals surface area contributed by atoms with Crippen LogP contribution in [0.2, 0.25) is 0 Å². The minimum Gasteiger partial charge on any atom is -0.325 e. The number of hydrogen-bond donors (Lipinski definition) is 1. The second-order valence-corrected chi connectivity index (χ2v) is 3.65. The molecule has 1 saturated carbocycles. The first-order valence-corrected chi connectivity index (χ1v) is 3.92. The molecule has 1 heteroatoms. The molecule has 2 N–H and O–H groups in total. The van der Waals surface area contributed by atoms with Gasteiger partial charge in [0.05, 0.1) is 0 Å². The molecule has 0 saturated heterocycles. The highest BCUT2D eigenvalue weighted by molar-refractivity contribution is 4.87. The van der Waals surface area contributed by atoms with E-state index in [1.54, 1.807) is 0 Å². The summed E-state index contributed by atoms with van der Waals surface area (Å²) < 4.78 is 0. The van der Waals surface area contributed by atoms with E-state index in [2.05, 4.69) is 13.8 Å². The van der Waals surface area contributed by atoms with Crippen molar-refractivity contribution in [2.24, 2.45) is 11.7 Å². The van der Waals surface area contributed by atoms with Crippen LogP contribution in [0, 0.1) is 5.92 Å². The Morgan fingerprint density at radius 3 is 2.44 bits per heavy atom. The largest absolute Gasteiger partial charge is 0.325 e. The first kappa shape index (κ1) is 7.07. The fraction of sp³-hybridized carbons (Fsp3) is 1.00. The maximum atomic E-state index is 6.02. The Morgan fingerprint density at radius 1 is 1.44 bits per heavy atom. The van der Waals surface area contributed by atoms with Gasteiger partial charge in [-0.2, -0.15) is 0 Å². The number of rotatable bonds is 0. The Balaban J connectivity index is 2.49. The molecule has 0 amide bonds. The molecule has 0 radical (unpaired) electrons. The Hall–Kier alpha value is -0.0400. The van der Waals surface area contributed by atoms with Crippen LogP contribution in [0.3, 0.4) is 0 Å². The summed E-state index contributed by atoms with van der Waals surface area (Å²) in [6.45, 7) is 4.44. The zero-order chi connectivity index (χ0) is 6.91. The third kappa shape index (κ3) is 1.45. The summed E-state index contributed by atoms with van der Waals surface area (Å²) in [7, 11) is 0. The van der Waals surface area contributed by atoms with E-state index in [1.807, 2.05) is 0 Å². The molecule has 0 aliphatic heterocycles. The van der Waals surface area contributed by atoms with E-state index in [4.69, 9.17) is 5.73 Å². The maximum absolute atomic E-state index is 6.02. The summed E-state index contributed by atoms with van der Waals surface area (Å²) in [4.78, 5) is 0. The molecule has 1 aliphatic carbocycles. The van der Waals surface area contributed by atoms with E-state index in [9.17, 15) is 0 Å². The van der Waals surface area contributed by atoms with E-state index >= 15 is 0 Å². The van der Waals surface area contributed by atoms with E-state index in [1.165, 1.54) is 25.7 Å². The van der Waals surface area contributed by atoms with Crippen LogP contribution in [0.4, 0.5) is 0 Å². The number of nitrogens with two attached hydrogens (primary N) is 1. The normalized spacial score (nSPS) is 45.0. The van der Waals surface area contributed by atoms with E-state index < -0.39 is 0 Å². The summed E-state index contributed by atoms with van der Waals surface area (Å²) in [5.74, 6) is 0.728. The van der Waals surface area contributed by atoms with E-state index in [-0.39, 0.29) is 5.54 Å². The molecule has 0 heterocycles. The van der Waals surface area contributed by atoms with Gasteiger partial charge in [0.25, 0.3) is 0 Å². The zero-order valence-electron chi connectivity index (χ0n) is 6.48. The standard InChI is InChI=1S/C8H17N/c1-7-5-3-4-6-8(7,2)9/h7H,3-6,9H2,1-2H3/t7-,8+/m1/s1. The molecule has 1 aliphatic rings. The lowest BCUT2D eigenvalue weighted by molar-refractivity contribution is 0.226. The Kier molecular flexibility index (Phi) is 1.80. The molecule has 54 valence electrons. The molecule has 0 bridgehead atoms. The van der Waals surface area contributed by atoms with Crippen LogP contribution in [0.25, 0.3) is 0 Å². The molecule has 0 aromatic heterocycles. The summed E-state index contributed by atoms with van der Waals surface area (Å²) in [6, 6.07) is 0. The third-order valence-corrected chi connectivity index (χ3v) is 2.73. The molecule has 0 spiro atoms. The monoisotopic (exact) mass is 127 g/mol. The second-order valence-electron chi connectivity index (χ2n) is 3.65. The summed E-state index contributed by atoms with van der Waals surface area (Å²) in [5.41, 5.74) is 6.16. The SMILES string of the molecule is C[C@@H]1CCCC[C@]1(C)N. The van der Waals surface area contributed by atoms with Crippen LogP contribution >= 0.6 is 0 Å². The van der Waals surface area contributed by atoms with Crippen molar-refractivity contribution < 1.29 is 0 Å². The fourth-order valence-electron chi connectivity index (χ4n) is 1.53. The highest BCUT2D eigenvalue weighted by Crippen LogP contribution is 2.30. The van der Waals surface area contributed by atoms with Crippen LogP contribution in [0.1, 0.15) is 39.5 Å². The van der Waals surface area contributed by atoms with Crippen molar-refractivity contribution >= 4 is 0 Å². The first-order chi connectivity index (χ1) is 4.13. The molecule has 9 heavy (non-hydrogen) atoms. The zero-order valence-corrected chi connectivity index (χ0v) is 6.48. The van der Waals surface area contributed by atoms with Gasteiger partial charge in [0, 0.05) is 5.54 Å². The summed E-state index contributed by atoms with van der Waals surface area (Å²) in [6.07, 6.45) is 5.26. The van der Waals surface area contributed by atoms with Crippen molar-refractivity contribution in [2.75, 3.05) is 0 Å². The molecule has 1 rings (SSSR count). The van der Waals surface area contributed by atoms with Crippen molar-refractivity contribution in [3.05, 3.63) is 0 Å². The molecular weight excluding hydrogens is 110 g/mol. The topological polar surface area (TPSA) is 26.0 Å². The van der Waals surface area contributed by atoms with Gasteiger partial charge in [0.2, 0.25) is 0 Å². The van der Waals surface area contributed by atoms with Crippen LogP contribution in [0.5, 0.6) is 0 Å². The lowest BCUT2D eigenvalue weighted by Crippen LogP contribution is -2.44. The van der Waals surface area contributed by atoms with Gasteiger partial charge in [-0.15, -0.1) is 0 Å². The molecule has 2 atom stereocenters. The smallest absolute Gasteiger partial charge is 0.0151 e. The molecular formula is C8H17N. The van der Waals surface area contributed by atoms with Crippen LogP contribution in [0.15, 0.2) is 0 Å². The predicted octanol–water partition coefficient (Wildman–Crippen LogP) is 1.91. The van der Waals surface area contributed by atoms with Crippen LogP contribution in [-0.4, -0.2) is 5.54 Å². The van der Waals surface area contributed by atoms with Crippen LogP contribution in [-0.2, 0) is 0 Å². The quantitative estimate of drug-likeness (QED) is 0.528. The van der Waals surface area contributed by atoms with Crippen molar-refractivity contribution in [1.82, 2.24) is 0 Å². The highest BCUT2D eigenvalue weighted by Gasteiger charge is 2.28. The second kappa shape index (κ2) is 2.30. The maximum Gasteiger partial charge on any atom is 0.0151 e. The molecule has 0 unspecified atom stereocenters. The number of hydrogen-bond acceptors (Lipinski definition) is 1. The Labute approximate surface area is 57.6 Å².